The van der Waals surface area contributed by atoms with E-state index in [1.165, 1.54) is 0 Å². The molecule has 0 bridgehead atoms. The Labute approximate surface area is 112 Å². The maximum Gasteiger partial charge on any atom is 0.0958 e. The molecule has 0 saturated heterocycles. The topological polar surface area (TPSA) is 17.8 Å². The molecule has 1 aromatic carbocycles. The lowest BCUT2D eigenvalue weighted by molar-refractivity contribution is 0.352. The van der Waals surface area contributed by atoms with Gasteiger partial charge in [0.1, 0.15) is 0 Å². The molecule has 0 aliphatic rings. The number of rotatable bonds is 2. The molecular formula is C13H16Cl2N2. The summed E-state index contributed by atoms with van der Waals surface area (Å²) in [6, 6.07) is 3.70. The summed E-state index contributed by atoms with van der Waals surface area (Å²) in [7, 11) is 0. The molecule has 17 heavy (non-hydrogen) atoms. The number of aromatic nitrogens is 2. The van der Waals surface area contributed by atoms with Crippen LogP contribution >= 0.6 is 23.2 Å². The number of fused-ring (bicyclic) bond motifs is 1. The van der Waals surface area contributed by atoms with Crippen molar-refractivity contribution in [3.05, 3.63) is 28.5 Å². The predicted octanol–water partition coefficient (Wildman–Crippen LogP) is 4.78. The molecule has 0 aliphatic carbocycles. The maximum atomic E-state index is 6.03. The highest BCUT2D eigenvalue weighted by Crippen LogP contribution is 2.28. The van der Waals surface area contributed by atoms with E-state index >= 15 is 0 Å². The fourth-order valence-corrected chi connectivity index (χ4v) is 2.00. The number of imidazole rings is 1. The van der Waals surface area contributed by atoms with E-state index in [0.29, 0.717) is 15.5 Å². The molecule has 2 aromatic rings. The van der Waals surface area contributed by atoms with Crippen LogP contribution in [0.5, 0.6) is 0 Å². The van der Waals surface area contributed by atoms with Crippen molar-refractivity contribution >= 4 is 34.2 Å². The second-order valence-corrected chi connectivity index (χ2v) is 6.32. The predicted molar refractivity (Wildman–Crippen MR) is 73.8 cm³/mol. The summed E-state index contributed by atoms with van der Waals surface area (Å²) in [6.07, 6.45) is 2.95. The second-order valence-electron chi connectivity index (χ2n) is 5.50. The molecule has 1 heterocycles. The van der Waals surface area contributed by atoms with Gasteiger partial charge in [0.05, 0.1) is 27.4 Å². The van der Waals surface area contributed by atoms with E-state index in [0.717, 1.165) is 24.0 Å². The van der Waals surface area contributed by atoms with Crippen molar-refractivity contribution in [3.63, 3.8) is 0 Å². The lowest BCUT2D eigenvalue weighted by Gasteiger charge is -2.18. The highest BCUT2D eigenvalue weighted by Gasteiger charge is 2.12. The molecule has 2 rings (SSSR count). The van der Waals surface area contributed by atoms with Gasteiger partial charge in [0.25, 0.3) is 0 Å². The fraction of sp³-hybridized carbons (Fsp3) is 0.462. The van der Waals surface area contributed by atoms with Gasteiger partial charge in [0.2, 0.25) is 0 Å². The van der Waals surface area contributed by atoms with E-state index in [9.17, 15) is 0 Å². The third-order valence-corrected chi connectivity index (χ3v) is 3.49. The highest BCUT2D eigenvalue weighted by atomic mass is 35.5. The van der Waals surface area contributed by atoms with Crippen LogP contribution in [0, 0.1) is 5.41 Å². The summed E-state index contributed by atoms with van der Waals surface area (Å²) in [5.74, 6) is 0. The van der Waals surface area contributed by atoms with Crippen molar-refractivity contribution in [2.24, 2.45) is 5.41 Å². The number of nitrogens with zero attached hydrogens (tertiary/aromatic N) is 2. The number of hydrogen-bond donors (Lipinski definition) is 0. The third kappa shape index (κ3) is 2.93. The van der Waals surface area contributed by atoms with Crippen LogP contribution in [-0.4, -0.2) is 9.55 Å². The summed E-state index contributed by atoms with van der Waals surface area (Å²) < 4.78 is 2.13. The average Bonchev–Trinajstić information content (AvgIpc) is 2.57. The van der Waals surface area contributed by atoms with Crippen LogP contribution in [0.15, 0.2) is 18.5 Å². The van der Waals surface area contributed by atoms with Crippen LogP contribution in [0.1, 0.15) is 27.2 Å². The molecule has 92 valence electrons. The minimum Gasteiger partial charge on any atom is -0.331 e. The van der Waals surface area contributed by atoms with Gasteiger partial charge in [-0.15, -0.1) is 0 Å². The largest absolute Gasteiger partial charge is 0.331 e. The van der Waals surface area contributed by atoms with Crippen LogP contribution in [0.4, 0.5) is 0 Å². The Balaban J connectivity index is 2.33. The molecule has 4 heteroatoms. The molecule has 0 spiro atoms. The minimum atomic E-state index is 0.312. The van der Waals surface area contributed by atoms with E-state index in [1.54, 1.807) is 0 Å². The summed E-state index contributed by atoms with van der Waals surface area (Å²) in [6.45, 7) is 7.64. The lowest BCUT2D eigenvalue weighted by atomic mass is 9.92. The van der Waals surface area contributed by atoms with Crippen LogP contribution in [0.3, 0.4) is 0 Å². The van der Waals surface area contributed by atoms with Crippen molar-refractivity contribution in [2.75, 3.05) is 0 Å². The summed E-state index contributed by atoms with van der Waals surface area (Å²) >= 11 is 12.0. The molecule has 0 N–H and O–H groups in total. The molecular weight excluding hydrogens is 255 g/mol. The molecule has 0 saturated carbocycles. The Morgan fingerprint density at radius 1 is 1.18 bits per heavy atom. The van der Waals surface area contributed by atoms with E-state index in [-0.39, 0.29) is 0 Å². The number of halogens is 2. The Bertz CT molecular complexity index is 538. The van der Waals surface area contributed by atoms with E-state index in [2.05, 4.69) is 30.3 Å². The van der Waals surface area contributed by atoms with Crippen molar-refractivity contribution in [1.82, 2.24) is 9.55 Å². The number of benzene rings is 1. The van der Waals surface area contributed by atoms with Gasteiger partial charge in [-0.25, -0.2) is 4.98 Å². The smallest absolute Gasteiger partial charge is 0.0958 e. The maximum absolute atomic E-state index is 6.03. The van der Waals surface area contributed by atoms with Crippen LogP contribution in [0.2, 0.25) is 10.0 Å². The molecule has 0 atom stereocenters. The van der Waals surface area contributed by atoms with Gasteiger partial charge in [-0.2, -0.15) is 0 Å². The van der Waals surface area contributed by atoms with Crippen molar-refractivity contribution in [3.8, 4) is 0 Å². The van der Waals surface area contributed by atoms with Gasteiger partial charge < -0.3 is 4.57 Å². The van der Waals surface area contributed by atoms with Crippen LogP contribution < -0.4 is 0 Å². The van der Waals surface area contributed by atoms with Crippen LogP contribution in [0.25, 0.3) is 11.0 Å². The fourth-order valence-electron chi connectivity index (χ4n) is 1.69. The third-order valence-electron chi connectivity index (χ3n) is 2.77. The molecule has 0 amide bonds. The van der Waals surface area contributed by atoms with Crippen molar-refractivity contribution < 1.29 is 0 Å². The first-order chi connectivity index (χ1) is 7.87. The Kier molecular flexibility index (Phi) is 3.37. The normalized spacial score (nSPS) is 12.3. The molecule has 0 fully saturated rings. The summed E-state index contributed by atoms with van der Waals surface area (Å²) in [5.41, 5.74) is 2.25. The Morgan fingerprint density at radius 3 is 2.47 bits per heavy atom. The van der Waals surface area contributed by atoms with Crippen molar-refractivity contribution in [1.29, 1.82) is 0 Å². The van der Waals surface area contributed by atoms with Crippen molar-refractivity contribution in [2.45, 2.75) is 33.7 Å². The number of aryl methyl sites for hydroxylation is 1. The second kappa shape index (κ2) is 4.51. The van der Waals surface area contributed by atoms with Gasteiger partial charge in [-0.3, -0.25) is 0 Å². The molecule has 2 nitrogen and oxygen atoms in total. The van der Waals surface area contributed by atoms with E-state index < -0.39 is 0 Å². The summed E-state index contributed by atoms with van der Waals surface area (Å²) in [5, 5.41) is 1.14. The zero-order valence-electron chi connectivity index (χ0n) is 10.3. The monoisotopic (exact) mass is 270 g/mol. The first-order valence-corrected chi connectivity index (χ1v) is 6.42. The van der Waals surface area contributed by atoms with Gasteiger partial charge in [-0.1, -0.05) is 44.0 Å². The first-order valence-electron chi connectivity index (χ1n) is 5.67. The average molecular weight is 271 g/mol. The first kappa shape index (κ1) is 12.7. The minimum absolute atomic E-state index is 0.312. The SMILES string of the molecule is CC(C)(C)CCn1cnc2cc(Cl)c(Cl)cc21. The molecule has 0 aliphatic heterocycles. The summed E-state index contributed by atoms with van der Waals surface area (Å²) in [4.78, 5) is 4.34. The zero-order valence-corrected chi connectivity index (χ0v) is 11.8. The van der Waals surface area contributed by atoms with E-state index in [4.69, 9.17) is 23.2 Å². The quantitative estimate of drug-likeness (QED) is 0.768. The van der Waals surface area contributed by atoms with Gasteiger partial charge in [-0.05, 0) is 24.0 Å². The van der Waals surface area contributed by atoms with Gasteiger partial charge in [0.15, 0.2) is 0 Å². The van der Waals surface area contributed by atoms with Gasteiger partial charge >= 0.3 is 0 Å². The van der Waals surface area contributed by atoms with Crippen LogP contribution in [-0.2, 0) is 6.54 Å². The highest BCUT2D eigenvalue weighted by molar-refractivity contribution is 6.42. The molecule has 0 radical (unpaired) electrons. The lowest BCUT2D eigenvalue weighted by Crippen LogP contribution is -2.09. The molecule has 0 unspecified atom stereocenters. The standard InChI is InChI=1S/C13H16Cl2N2/c1-13(2,3)4-5-17-8-16-11-6-9(14)10(15)7-12(11)17/h6-8H,4-5H2,1-3H3. The molecule has 1 aromatic heterocycles. The Morgan fingerprint density at radius 2 is 1.82 bits per heavy atom. The number of hydrogen-bond acceptors (Lipinski definition) is 1. The van der Waals surface area contributed by atoms with Gasteiger partial charge in [0, 0.05) is 6.54 Å². The Hall–Kier alpha value is -0.730. The van der Waals surface area contributed by atoms with E-state index in [1.807, 2.05) is 18.5 Å². The zero-order chi connectivity index (χ0) is 12.6.